The molecule has 0 radical (unpaired) electrons. The molecule has 2 heterocycles. The summed E-state index contributed by atoms with van der Waals surface area (Å²) in [5, 5.41) is 8.96. The molecule has 2 heteroatoms. The average molecular weight is 369 g/mol. The van der Waals surface area contributed by atoms with E-state index >= 15 is 0 Å². The number of hydrogen-bond donors (Lipinski definition) is 0. The van der Waals surface area contributed by atoms with Gasteiger partial charge in [-0.05, 0) is 39.7 Å². The minimum Gasteiger partial charge on any atom is -0.143 e. The van der Waals surface area contributed by atoms with Crippen LogP contribution in [0.5, 0.6) is 0 Å². The Kier molecular flexibility index (Phi) is 3.93. The van der Waals surface area contributed by atoms with Crippen molar-refractivity contribution in [1.29, 1.82) is 0 Å². The second-order valence-electron chi connectivity index (χ2n) is 6.22. The molecule has 0 spiro atoms. The molecule has 0 atom stereocenters. The van der Waals surface area contributed by atoms with E-state index in [4.69, 9.17) is 0 Å². The number of hydrogen-bond acceptors (Lipinski definition) is 2. The average Bonchev–Trinajstić information content (AvgIpc) is 3.33. The van der Waals surface area contributed by atoms with E-state index in [9.17, 15) is 0 Å². The molecule has 0 nitrogen and oxygen atoms in total. The van der Waals surface area contributed by atoms with Crippen LogP contribution in [0, 0.1) is 0 Å². The minimum absolute atomic E-state index is 1.33. The van der Waals surface area contributed by atoms with E-state index < -0.39 is 0 Å². The van der Waals surface area contributed by atoms with Crippen LogP contribution in [0.2, 0.25) is 0 Å². The van der Waals surface area contributed by atoms with Crippen LogP contribution in [0.3, 0.4) is 0 Å². The summed E-state index contributed by atoms with van der Waals surface area (Å²) in [6.45, 7) is 0. The number of fused-ring (bicyclic) bond motifs is 6. The Morgan fingerprint density at radius 1 is 0.462 bits per heavy atom. The zero-order valence-corrected chi connectivity index (χ0v) is 15.7. The molecule has 0 aliphatic heterocycles. The first-order valence-corrected chi connectivity index (χ1v) is 10.3. The normalized spacial score (nSPS) is 11.1. The molecule has 0 unspecified atom stereocenters. The third-order valence-corrected chi connectivity index (χ3v) is 6.74. The van der Waals surface area contributed by atoms with Gasteiger partial charge >= 0.3 is 0 Å². The molecule has 0 N–H and O–H groups in total. The van der Waals surface area contributed by atoms with Crippen LogP contribution in [0.1, 0.15) is 0 Å². The Bertz CT molecular complexity index is 1280. The summed E-state index contributed by atoms with van der Waals surface area (Å²) in [5.74, 6) is 0. The molecule has 6 aromatic rings. The molecule has 6 rings (SSSR count). The predicted octanol–water partition coefficient (Wildman–Crippen LogP) is 8.11. The molecule has 0 saturated carbocycles. The fraction of sp³-hybridized carbons (Fsp3) is 0. The lowest BCUT2D eigenvalue weighted by Crippen LogP contribution is -1.70. The van der Waals surface area contributed by atoms with Crippen molar-refractivity contribution in [1.82, 2.24) is 0 Å². The Labute approximate surface area is 160 Å². The third kappa shape index (κ3) is 2.68. The summed E-state index contributed by atoms with van der Waals surface area (Å²) < 4.78 is 4.16. The van der Waals surface area contributed by atoms with E-state index in [1.54, 1.807) is 0 Å². The van der Waals surface area contributed by atoms with Gasteiger partial charge in [-0.3, -0.25) is 0 Å². The van der Waals surface area contributed by atoms with Crippen LogP contribution in [0.25, 0.3) is 41.0 Å². The van der Waals surface area contributed by atoms with E-state index in [0.717, 1.165) is 0 Å². The molecular formula is C24H16S2. The van der Waals surface area contributed by atoms with Crippen molar-refractivity contribution in [3.05, 3.63) is 96.4 Å². The molecule has 0 bridgehead atoms. The first-order chi connectivity index (χ1) is 12.9. The molecule has 2 aromatic heterocycles. The highest BCUT2D eigenvalue weighted by molar-refractivity contribution is 7.25. The monoisotopic (exact) mass is 368 g/mol. The van der Waals surface area contributed by atoms with E-state index in [0.29, 0.717) is 0 Å². The van der Waals surface area contributed by atoms with Crippen LogP contribution >= 0.6 is 22.7 Å². The topological polar surface area (TPSA) is 0 Å². The fourth-order valence-electron chi connectivity index (χ4n) is 3.37. The Hall–Kier alpha value is -2.68. The Balaban J connectivity index is 0.000000115. The fourth-order valence-corrected chi connectivity index (χ4v) is 5.41. The van der Waals surface area contributed by atoms with E-state index in [2.05, 4.69) is 96.4 Å². The molecule has 124 valence electrons. The molecule has 4 aromatic carbocycles. The van der Waals surface area contributed by atoms with Crippen LogP contribution in [-0.4, -0.2) is 0 Å². The summed E-state index contributed by atoms with van der Waals surface area (Å²) in [6, 6.07) is 32.2. The van der Waals surface area contributed by atoms with Gasteiger partial charge in [0.1, 0.15) is 0 Å². The highest BCUT2D eigenvalue weighted by Crippen LogP contribution is 2.33. The van der Waals surface area contributed by atoms with Gasteiger partial charge in [-0.25, -0.2) is 0 Å². The second kappa shape index (κ2) is 6.56. The molecular weight excluding hydrogens is 352 g/mol. The Morgan fingerprint density at radius 2 is 1.04 bits per heavy atom. The highest BCUT2D eigenvalue weighted by Gasteiger charge is 2.01. The predicted molar refractivity (Wildman–Crippen MR) is 119 cm³/mol. The molecule has 26 heavy (non-hydrogen) atoms. The van der Waals surface area contributed by atoms with Crippen LogP contribution < -0.4 is 0 Å². The Morgan fingerprint density at radius 3 is 1.77 bits per heavy atom. The molecule has 0 amide bonds. The lowest BCUT2D eigenvalue weighted by atomic mass is 10.1. The summed E-state index contributed by atoms with van der Waals surface area (Å²) in [4.78, 5) is 0. The van der Waals surface area contributed by atoms with Gasteiger partial charge in [-0.2, -0.15) is 0 Å². The molecule has 0 aliphatic carbocycles. The van der Waals surface area contributed by atoms with Gasteiger partial charge in [-0.1, -0.05) is 72.8 Å². The standard InChI is InChI=1S/2C12H8S/c1-3-7-11-9(5-1)10-6-2-4-8-12(10)13-11;1-2-4-11-9(3-1)5-6-10-7-8-13-12(10)11/h2*1-8H. The number of thiophene rings is 2. The van der Waals surface area contributed by atoms with Gasteiger partial charge < -0.3 is 0 Å². The molecule has 0 fully saturated rings. The molecule has 0 saturated heterocycles. The summed E-state index contributed by atoms with van der Waals surface area (Å²) in [7, 11) is 0. The van der Waals surface area contributed by atoms with Crippen LogP contribution in [0.15, 0.2) is 96.4 Å². The van der Waals surface area contributed by atoms with E-state index in [1.807, 2.05) is 22.7 Å². The van der Waals surface area contributed by atoms with Crippen molar-refractivity contribution in [2.24, 2.45) is 0 Å². The quantitative estimate of drug-likeness (QED) is 0.254. The van der Waals surface area contributed by atoms with Gasteiger partial charge in [0.05, 0.1) is 0 Å². The lowest BCUT2D eigenvalue weighted by Gasteiger charge is -1.97. The van der Waals surface area contributed by atoms with Crippen molar-refractivity contribution >= 4 is 63.7 Å². The maximum atomic E-state index is 2.19. The van der Waals surface area contributed by atoms with Crippen molar-refractivity contribution in [2.75, 3.05) is 0 Å². The van der Waals surface area contributed by atoms with Gasteiger partial charge in [0.25, 0.3) is 0 Å². The number of benzene rings is 4. The van der Waals surface area contributed by atoms with Gasteiger partial charge in [-0.15, -0.1) is 22.7 Å². The van der Waals surface area contributed by atoms with Gasteiger partial charge in [0.2, 0.25) is 0 Å². The lowest BCUT2D eigenvalue weighted by molar-refractivity contribution is 1.82. The highest BCUT2D eigenvalue weighted by atomic mass is 32.1. The van der Waals surface area contributed by atoms with Crippen molar-refractivity contribution in [3.8, 4) is 0 Å². The van der Waals surface area contributed by atoms with Crippen LogP contribution in [-0.2, 0) is 0 Å². The largest absolute Gasteiger partial charge is 0.143 e. The first-order valence-electron chi connectivity index (χ1n) is 8.61. The third-order valence-electron chi connectivity index (χ3n) is 4.63. The van der Waals surface area contributed by atoms with Crippen molar-refractivity contribution < 1.29 is 0 Å². The van der Waals surface area contributed by atoms with Crippen molar-refractivity contribution in [3.63, 3.8) is 0 Å². The smallest absolute Gasteiger partial charge is 0.0421 e. The minimum atomic E-state index is 1.33. The summed E-state index contributed by atoms with van der Waals surface area (Å²) in [5.41, 5.74) is 0. The zero-order valence-electron chi connectivity index (χ0n) is 14.1. The van der Waals surface area contributed by atoms with E-state index in [1.165, 1.54) is 41.0 Å². The maximum Gasteiger partial charge on any atom is 0.0421 e. The van der Waals surface area contributed by atoms with E-state index in [-0.39, 0.29) is 0 Å². The maximum absolute atomic E-state index is 2.19. The number of rotatable bonds is 0. The van der Waals surface area contributed by atoms with Crippen LogP contribution in [0.4, 0.5) is 0 Å². The van der Waals surface area contributed by atoms with Gasteiger partial charge in [0.15, 0.2) is 0 Å². The summed E-state index contributed by atoms with van der Waals surface area (Å²) in [6.07, 6.45) is 0. The summed E-state index contributed by atoms with van der Waals surface area (Å²) >= 11 is 3.68. The SMILES string of the molecule is c1ccc2c(c1)ccc1ccsc12.c1ccc2c(c1)sc1ccccc12. The van der Waals surface area contributed by atoms with Gasteiger partial charge in [0, 0.05) is 24.9 Å². The molecule has 0 aliphatic rings. The first kappa shape index (κ1) is 15.6. The second-order valence-corrected chi connectivity index (χ2v) is 8.22. The zero-order chi connectivity index (χ0) is 17.3. The van der Waals surface area contributed by atoms with Crippen molar-refractivity contribution in [2.45, 2.75) is 0 Å².